The van der Waals surface area contributed by atoms with Gasteiger partial charge in [0.15, 0.2) is 0 Å². The highest BCUT2D eigenvalue weighted by Gasteiger charge is 2.16. The van der Waals surface area contributed by atoms with Crippen LogP contribution in [0.3, 0.4) is 0 Å². The van der Waals surface area contributed by atoms with Crippen molar-refractivity contribution in [2.75, 3.05) is 13.6 Å². The lowest BCUT2D eigenvalue weighted by atomic mass is 10.2. The lowest BCUT2D eigenvalue weighted by Crippen LogP contribution is -2.31. The van der Waals surface area contributed by atoms with E-state index >= 15 is 0 Å². The fraction of sp³-hybridized carbons (Fsp3) is 0.364. The molecular weight excluding hydrogens is 313 g/mol. The first-order chi connectivity index (χ1) is 7.41. The number of halogens is 3. The average molecular weight is 325 g/mol. The van der Waals surface area contributed by atoms with E-state index in [-0.39, 0.29) is 10.7 Å². The zero-order chi connectivity index (χ0) is 12.3. The van der Waals surface area contributed by atoms with Crippen LogP contribution in [0.4, 0.5) is 0 Å². The number of alkyl halides is 1. The normalized spacial score (nSPS) is 12.3. The lowest BCUT2D eigenvalue weighted by molar-refractivity contribution is 0.0797. The number of carbonyl (C=O) groups is 1. The zero-order valence-electron chi connectivity index (χ0n) is 9.01. The largest absolute Gasteiger partial charge is 0.341 e. The molecule has 1 amide bonds. The van der Waals surface area contributed by atoms with Crippen LogP contribution in [0.25, 0.3) is 0 Å². The highest BCUT2D eigenvalue weighted by molar-refractivity contribution is 9.09. The number of hydrogen-bond donors (Lipinski definition) is 0. The molecule has 1 aromatic rings. The van der Waals surface area contributed by atoms with Gasteiger partial charge in [0.05, 0.1) is 10.6 Å². The molecule has 1 atom stereocenters. The predicted molar refractivity (Wildman–Crippen MR) is 71.8 cm³/mol. The van der Waals surface area contributed by atoms with Crippen molar-refractivity contribution in [3.8, 4) is 0 Å². The van der Waals surface area contributed by atoms with Crippen LogP contribution in [0.15, 0.2) is 18.2 Å². The maximum Gasteiger partial charge on any atom is 0.255 e. The molecule has 0 spiro atoms. The molecule has 5 heteroatoms. The lowest BCUT2D eigenvalue weighted by Gasteiger charge is -2.19. The Hall–Kier alpha value is -0.250. The van der Waals surface area contributed by atoms with E-state index in [1.54, 1.807) is 30.1 Å². The number of amides is 1. The molecule has 0 aliphatic carbocycles. The molecule has 0 radical (unpaired) electrons. The van der Waals surface area contributed by atoms with Gasteiger partial charge >= 0.3 is 0 Å². The first-order valence-corrected chi connectivity index (χ1v) is 6.43. The Kier molecular flexibility index (Phi) is 5.09. The molecule has 16 heavy (non-hydrogen) atoms. The predicted octanol–water partition coefficient (Wildman–Crippen LogP) is 3.85. The van der Waals surface area contributed by atoms with Crippen LogP contribution in [-0.4, -0.2) is 29.2 Å². The van der Waals surface area contributed by atoms with Crippen molar-refractivity contribution in [3.63, 3.8) is 0 Å². The summed E-state index contributed by atoms with van der Waals surface area (Å²) in [5.74, 6) is -0.104. The maximum absolute atomic E-state index is 12.0. The van der Waals surface area contributed by atoms with Crippen molar-refractivity contribution in [2.45, 2.75) is 11.8 Å². The molecule has 0 aliphatic heterocycles. The van der Waals surface area contributed by atoms with Crippen molar-refractivity contribution < 1.29 is 4.79 Å². The maximum atomic E-state index is 12.0. The van der Waals surface area contributed by atoms with Gasteiger partial charge in [-0.3, -0.25) is 4.79 Å². The van der Waals surface area contributed by atoms with Crippen molar-refractivity contribution in [1.82, 2.24) is 4.90 Å². The van der Waals surface area contributed by atoms with Gasteiger partial charge in [-0.2, -0.15) is 0 Å². The minimum atomic E-state index is -0.104. The number of carbonyl (C=O) groups excluding carboxylic acids is 1. The van der Waals surface area contributed by atoms with Crippen LogP contribution in [0, 0.1) is 0 Å². The Morgan fingerprint density at radius 3 is 2.62 bits per heavy atom. The van der Waals surface area contributed by atoms with Gasteiger partial charge in [0.2, 0.25) is 0 Å². The Morgan fingerprint density at radius 1 is 1.50 bits per heavy atom. The second-order valence-electron chi connectivity index (χ2n) is 3.59. The summed E-state index contributed by atoms with van der Waals surface area (Å²) in [6.45, 7) is 2.60. The van der Waals surface area contributed by atoms with Gasteiger partial charge in [0.25, 0.3) is 5.91 Å². The van der Waals surface area contributed by atoms with Gasteiger partial charge in [-0.15, -0.1) is 0 Å². The Morgan fingerprint density at radius 2 is 2.12 bits per heavy atom. The fourth-order valence-electron chi connectivity index (χ4n) is 1.33. The van der Waals surface area contributed by atoms with Crippen molar-refractivity contribution in [3.05, 3.63) is 33.8 Å². The van der Waals surface area contributed by atoms with E-state index in [2.05, 4.69) is 15.9 Å². The Balaban J connectivity index is 2.88. The first kappa shape index (κ1) is 13.8. The third-order valence-corrected chi connectivity index (χ3v) is 2.87. The van der Waals surface area contributed by atoms with E-state index in [0.717, 1.165) is 0 Å². The molecule has 1 unspecified atom stereocenters. The summed E-state index contributed by atoms with van der Waals surface area (Å²) >= 11 is 15.1. The van der Waals surface area contributed by atoms with Gasteiger partial charge in [-0.05, 0) is 18.2 Å². The van der Waals surface area contributed by atoms with E-state index < -0.39 is 0 Å². The highest BCUT2D eigenvalue weighted by Crippen LogP contribution is 2.22. The number of hydrogen-bond acceptors (Lipinski definition) is 1. The van der Waals surface area contributed by atoms with Gasteiger partial charge < -0.3 is 4.90 Å². The summed E-state index contributed by atoms with van der Waals surface area (Å²) in [5, 5.41) is 0.907. The van der Waals surface area contributed by atoms with Gasteiger partial charge in [0.1, 0.15) is 0 Å². The quantitative estimate of drug-likeness (QED) is 0.773. The molecule has 0 fully saturated rings. The molecule has 1 rings (SSSR count). The summed E-state index contributed by atoms with van der Waals surface area (Å²) in [7, 11) is 1.74. The van der Waals surface area contributed by atoms with Crippen LogP contribution in [0.5, 0.6) is 0 Å². The Bertz CT molecular complexity index is 396. The molecule has 1 aromatic carbocycles. The van der Waals surface area contributed by atoms with E-state index in [1.165, 1.54) is 0 Å². The van der Waals surface area contributed by atoms with Gasteiger partial charge in [-0.1, -0.05) is 46.1 Å². The van der Waals surface area contributed by atoms with Crippen molar-refractivity contribution in [1.29, 1.82) is 0 Å². The van der Waals surface area contributed by atoms with Crippen LogP contribution in [-0.2, 0) is 0 Å². The van der Waals surface area contributed by atoms with Crippen LogP contribution >= 0.6 is 39.1 Å². The summed E-state index contributed by atoms with van der Waals surface area (Å²) in [5.41, 5.74) is 0.474. The van der Waals surface area contributed by atoms with Gasteiger partial charge in [-0.25, -0.2) is 0 Å². The monoisotopic (exact) mass is 323 g/mol. The second-order valence-corrected chi connectivity index (χ2v) is 6.00. The summed E-state index contributed by atoms with van der Waals surface area (Å²) < 4.78 is 0. The molecule has 0 aliphatic rings. The number of nitrogens with zero attached hydrogens (tertiary/aromatic N) is 1. The third kappa shape index (κ3) is 3.65. The third-order valence-electron chi connectivity index (χ3n) is 2.03. The van der Waals surface area contributed by atoms with Crippen LogP contribution < -0.4 is 0 Å². The Labute approximate surface area is 114 Å². The van der Waals surface area contributed by atoms with Crippen molar-refractivity contribution >= 4 is 45.0 Å². The van der Waals surface area contributed by atoms with E-state index in [1.807, 2.05) is 6.92 Å². The zero-order valence-corrected chi connectivity index (χ0v) is 12.1. The molecule has 0 saturated heterocycles. The summed E-state index contributed by atoms with van der Waals surface area (Å²) in [6, 6.07) is 4.87. The number of rotatable bonds is 3. The molecular formula is C11H12BrCl2NO. The first-order valence-electron chi connectivity index (χ1n) is 4.76. The average Bonchev–Trinajstić information content (AvgIpc) is 2.15. The van der Waals surface area contributed by atoms with Crippen LogP contribution in [0.1, 0.15) is 17.3 Å². The van der Waals surface area contributed by atoms with E-state index in [4.69, 9.17) is 23.2 Å². The molecule has 2 nitrogen and oxygen atoms in total. The fourth-order valence-corrected chi connectivity index (χ4v) is 2.25. The second kappa shape index (κ2) is 5.89. The highest BCUT2D eigenvalue weighted by atomic mass is 79.9. The van der Waals surface area contributed by atoms with E-state index in [0.29, 0.717) is 22.2 Å². The topological polar surface area (TPSA) is 20.3 Å². The minimum absolute atomic E-state index is 0.104. The standard InChI is InChI=1S/C11H12BrCl2NO/c1-7(12)6-15(2)11(16)9-4-3-8(13)5-10(9)14/h3-5,7H,6H2,1-2H3. The number of benzene rings is 1. The van der Waals surface area contributed by atoms with Crippen molar-refractivity contribution in [2.24, 2.45) is 0 Å². The molecule has 0 bridgehead atoms. The smallest absolute Gasteiger partial charge is 0.255 e. The molecule has 0 aromatic heterocycles. The summed E-state index contributed by atoms with van der Waals surface area (Å²) in [6.07, 6.45) is 0. The molecule has 0 N–H and O–H groups in total. The van der Waals surface area contributed by atoms with Crippen LogP contribution in [0.2, 0.25) is 10.0 Å². The summed E-state index contributed by atoms with van der Waals surface area (Å²) in [4.78, 5) is 13.9. The SMILES string of the molecule is CC(Br)CN(C)C(=O)c1ccc(Cl)cc1Cl. The molecule has 88 valence electrons. The van der Waals surface area contributed by atoms with E-state index in [9.17, 15) is 4.79 Å². The minimum Gasteiger partial charge on any atom is -0.341 e. The molecule has 0 saturated carbocycles. The van der Waals surface area contributed by atoms with Gasteiger partial charge in [0, 0.05) is 23.4 Å². The molecule has 0 heterocycles.